The van der Waals surface area contributed by atoms with Crippen molar-refractivity contribution in [1.29, 1.82) is 0 Å². The van der Waals surface area contributed by atoms with Gasteiger partial charge in [-0.05, 0) is 30.3 Å². The van der Waals surface area contributed by atoms with Gasteiger partial charge in [0.2, 0.25) is 0 Å². The van der Waals surface area contributed by atoms with Gasteiger partial charge in [0.05, 0.1) is 16.9 Å². The molecule has 21 heavy (non-hydrogen) atoms. The molecule has 0 heterocycles. The zero-order chi connectivity index (χ0) is 15.4. The van der Waals surface area contributed by atoms with Crippen LogP contribution in [0.4, 0.5) is 25.8 Å². The fourth-order valence-corrected chi connectivity index (χ4v) is 2.38. The molecule has 2 aromatic carbocycles. The van der Waals surface area contributed by atoms with Crippen LogP contribution in [0.25, 0.3) is 0 Å². The van der Waals surface area contributed by atoms with E-state index in [1.54, 1.807) is 36.4 Å². The standard InChI is InChI=1S/C14H13F2N3OS/c15-14(16)21-12-4-2-1-3-11(12)19-10-6-5-8(17)7-9(10)13(18)20/h1-7,14,19H,17H2,(H2,18,20). The summed E-state index contributed by atoms with van der Waals surface area (Å²) in [6.45, 7) is 0. The number of nitrogens with one attached hydrogen (secondary N) is 1. The van der Waals surface area contributed by atoms with E-state index in [0.717, 1.165) is 0 Å². The number of primary amides is 1. The molecular formula is C14H13F2N3OS. The van der Waals surface area contributed by atoms with Crippen molar-refractivity contribution in [1.82, 2.24) is 0 Å². The van der Waals surface area contributed by atoms with E-state index in [0.29, 0.717) is 33.7 Å². The van der Waals surface area contributed by atoms with Crippen LogP contribution >= 0.6 is 11.8 Å². The molecule has 0 aliphatic rings. The molecule has 0 bridgehead atoms. The Labute approximate surface area is 124 Å². The maximum absolute atomic E-state index is 12.5. The van der Waals surface area contributed by atoms with E-state index in [2.05, 4.69) is 5.32 Å². The monoisotopic (exact) mass is 309 g/mol. The molecule has 4 nitrogen and oxygen atoms in total. The zero-order valence-corrected chi connectivity index (χ0v) is 11.7. The molecule has 2 rings (SSSR count). The minimum atomic E-state index is -2.53. The Hall–Kier alpha value is -2.28. The Morgan fingerprint density at radius 2 is 1.86 bits per heavy atom. The molecule has 0 saturated heterocycles. The molecule has 0 aliphatic heterocycles. The van der Waals surface area contributed by atoms with Crippen LogP contribution in [0.15, 0.2) is 47.4 Å². The normalized spacial score (nSPS) is 10.6. The van der Waals surface area contributed by atoms with Crippen LogP contribution in [-0.4, -0.2) is 11.7 Å². The van der Waals surface area contributed by atoms with E-state index in [4.69, 9.17) is 11.5 Å². The van der Waals surface area contributed by atoms with Gasteiger partial charge in [-0.15, -0.1) is 0 Å². The van der Waals surface area contributed by atoms with E-state index in [1.165, 1.54) is 6.07 Å². The molecule has 0 atom stereocenters. The molecular weight excluding hydrogens is 296 g/mol. The minimum absolute atomic E-state index is 0.201. The molecule has 0 aliphatic carbocycles. The van der Waals surface area contributed by atoms with E-state index in [-0.39, 0.29) is 5.56 Å². The van der Waals surface area contributed by atoms with E-state index >= 15 is 0 Å². The molecule has 0 spiro atoms. The number of thioether (sulfide) groups is 1. The second-order valence-corrected chi connectivity index (χ2v) is 5.20. The third kappa shape index (κ3) is 3.85. The Bertz CT molecular complexity index is 664. The highest BCUT2D eigenvalue weighted by Crippen LogP contribution is 2.34. The summed E-state index contributed by atoms with van der Waals surface area (Å²) in [4.78, 5) is 11.8. The Balaban J connectivity index is 2.37. The van der Waals surface area contributed by atoms with Crippen molar-refractivity contribution in [3.63, 3.8) is 0 Å². The summed E-state index contributed by atoms with van der Waals surface area (Å²) in [6.07, 6.45) is 0. The highest BCUT2D eigenvalue weighted by Gasteiger charge is 2.13. The van der Waals surface area contributed by atoms with Gasteiger partial charge in [0, 0.05) is 10.6 Å². The number of benzene rings is 2. The van der Waals surface area contributed by atoms with Crippen molar-refractivity contribution in [3.05, 3.63) is 48.0 Å². The lowest BCUT2D eigenvalue weighted by Crippen LogP contribution is -2.14. The van der Waals surface area contributed by atoms with Crippen LogP contribution in [0.2, 0.25) is 0 Å². The van der Waals surface area contributed by atoms with Gasteiger partial charge < -0.3 is 16.8 Å². The van der Waals surface area contributed by atoms with Gasteiger partial charge in [0.1, 0.15) is 0 Å². The molecule has 5 N–H and O–H groups in total. The molecule has 1 amide bonds. The first kappa shape index (κ1) is 15.1. The first-order valence-electron chi connectivity index (χ1n) is 5.97. The maximum Gasteiger partial charge on any atom is 0.288 e. The molecule has 0 unspecified atom stereocenters. The summed E-state index contributed by atoms with van der Waals surface area (Å²) < 4.78 is 25.1. The van der Waals surface area contributed by atoms with E-state index in [9.17, 15) is 13.6 Å². The number of amides is 1. The zero-order valence-electron chi connectivity index (χ0n) is 10.8. The van der Waals surface area contributed by atoms with Gasteiger partial charge in [0.15, 0.2) is 0 Å². The molecule has 7 heteroatoms. The quantitative estimate of drug-likeness (QED) is 0.584. The molecule has 0 radical (unpaired) electrons. The lowest BCUT2D eigenvalue weighted by atomic mass is 10.1. The smallest absolute Gasteiger partial charge is 0.288 e. The number of hydrogen-bond donors (Lipinski definition) is 3. The number of nitrogen functional groups attached to an aromatic ring is 1. The van der Waals surface area contributed by atoms with E-state index in [1.807, 2.05) is 0 Å². The van der Waals surface area contributed by atoms with Crippen LogP contribution in [-0.2, 0) is 0 Å². The van der Waals surface area contributed by atoms with Gasteiger partial charge in [-0.25, -0.2) is 0 Å². The highest BCUT2D eigenvalue weighted by atomic mass is 32.2. The molecule has 2 aromatic rings. The second-order valence-electron chi connectivity index (χ2n) is 4.17. The van der Waals surface area contributed by atoms with Crippen LogP contribution in [0.5, 0.6) is 0 Å². The number of nitrogens with two attached hydrogens (primary N) is 2. The van der Waals surface area contributed by atoms with Crippen molar-refractivity contribution in [2.24, 2.45) is 5.73 Å². The average Bonchev–Trinajstić information content (AvgIpc) is 2.42. The van der Waals surface area contributed by atoms with Gasteiger partial charge in [-0.1, -0.05) is 23.9 Å². The largest absolute Gasteiger partial charge is 0.399 e. The third-order valence-electron chi connectivity index (χ3n) is 2.68. The van der Waals surface area contributed by atoms with Crippen molar-refractivity contribution >= 4 is 34.7 Å². The first-order chi connectivity index (χ1) is 9.97. The number of anilines is 3. The molecule has 0 aromatic heterocycles. The predicted octanol–water partition coefficient (Wildman–Crippen LogP) is 3.43. The molecule has 0 fully saturated rings. The SMILES string of the molecule is NC(=O)c1cc(N)ccc1Nc1ccccc1SC(F)F. The number of rotatable bonds is 5. The Kier molecular flexibility index (Phi) is 4.64. The molecule has 110 valence electrons. The van der Waals surface area contributed by atoms with Crippen LogP contribution in [0, 0.1) is 0 Å². The third-order valence-corrected chi connectivity index (χ3v) is 3.47. The van der Waals surface area contributed by atoms with Gasteiger partial charge in [0.25, 0.3) is 11.7 Å². The summed E-state index contributed by atoms with van der Waals surface area (Å²) in [5, 5.41) is 2.94. The lowest BCUT2D eigenvalue weighted by Gasteiger charge is -2.14. The summed E-state index contributed by atoms with van der Waals surface area (Å²) in [5.74, 6) is -3.18. The van der Waals surface area contributed by atoms with Crippen molar-refractivity contribution < 1.29 is 13.6 Å². The topological polar surface area (TPSA) is 81.1 Å². The van der Waals surface area contributed by atoms with Gasteiger partial charge >= 0.3 is 0 Å². The Morgan fingerprint density at radius 1 is 1.14 bits per heavy atom. The summed E-state index contributed by atoms with van der Waals surface area (Å²) in [5.41, 5.74) is 12.4. The number of carbonyl (C=O) groups excluding carboxylic acids is 1. The minimum Gasteiger partial charge on any atom is -0.399 e. The van der Waals surface area contributed by atoms with Gasteiger partial charge in [-0.3, -0.25) is 4.79 Å². The predicted molar refractivity (Wildman–Crippen MR) is 81.0 cm³/mol. The van der Waals surface area contributed by atoms with Gasteiger partial charge in [-0.2, -0.15) is 8.78 Å². The first-order valence-corrected chi connectivity index (χ1v) is 6.85. The summed E-state index contributed by atoms with van der Waals surface area (Å²) in [6, 6.07) is 11.2. The number of halogens is 2. The summed E-state index contributed by atoms with van der Waals surface area (Å²) >= 11 is 0.425. The van der Waals surface area contributed by atoms with Crippen molar-refractivity contribution in [2.75, 3.05) is 11.1 Å². The number of alkyl halides is 2. The molecule has 0 saturated carbocycles. The van der Waals surface area contributed by atoms with Crippen molar-refractivity contribution in [3.8, 4) is 0 Å². The fraction of sp³-hybridized carbons (Fsp3) is 0.0714. The van der Waals surface area contributed by atoms with E-state index < -0.39 is 11.7 Å². The summed E-state index contributed by atoms with van der Waals surface area (Å²) in [7, 11) is 0. The average molecular weight is 309 g/mol. The van der Waals surface area contributed by atoms with Crippen LogP contribution in [0.1, 0.15) is 10.4 Å². The second kappa shape index (κ2) is 6.45. The lowest BCUT2D eigenvalue weighted by molar-refractivity contribution is 0.100. The fourth-order valence-electron chi connectivity index (χ4n) is 1.79. The number of carbonyl (C=O) groups is 1. The maximum atomic E-state index is 12.5. The Morgan fingerprint density at radius 3 is 2.52 bits per heavy atom. The van der Waals surface area contributed by atoms with Crippen molar-refractivity contribution in [2.45, 2.75) is 10.7 Å². The van der Waals surface area contributed by atoms with Crippen LogP contribution in [0.3, 0.4) is 0 Å². The highest BCUT2D eigenvalue weighted by molar-refractivity contribution is 7.99. The number of para-hydroxylation sites is 1. The number of hydrogen-bond acceptors (Lipinski definition) is 4. The van der Waals surface area contributed by atoms with Crippen LogP contribution < -0.4 is 16.8 Å².